The van der Waals surface area contributed by atoms with E-state index in [-0.39, 0.29) is 17.7 Å². The Bertz CT molecular complexity index is 999. The highest BCUT2D eigenvalue weighted by molar-refractivity contribution is 7.15. The van der Waals surface area contributed by atoms with Crippen LogP contribution >= 0.6 is 11.3 Å². The van der Waals surface area contributed by atoms with Gasteiger partial charge in [-0.05, 0) is 38.8 Å². The van der Waals surface area contributed by atoms with Crippen LogP contribution < -0.4 is 5.32 Å². The molecule has 8 nitrogen and oxygen atoms in total. The van der Waals surface area contributed by atoms with Crippen molar-refractivity contribution in [2.75, 3.05) is 18.4 Å². The minimum absolute atomic E-state index is 0.0160. The Labute approximate surface area is 172 Å². The maximum Gasteiger partial charge on any atom is 0.273 e. The summed E-state index contributed by atoms with van der Waals surface area (Å²) in [5.74, 6) is 0.454. The molecule has 9 heteroatoms. The van der Waals surface area contributed by atoms with Gasteiger partial charge in [-0.1, -0.05) is 0 Å². The van der Waals surface area contributed by atoms with E-state index in [4.69, 9.17) is 4.42 Å². The number of aryl methyl sites for hydroxylation is 2. The molecule has 1 aliphatic heterocycles. The Balaban J connectivity index is 1.35. The standard InChI is InChI=1S/C20H23N5O3S/c1-3-25-12-15(11-21-25)22-18(26)14-6-8-24(9-7-14)20(27)17-13(2)29-19(23-17)16-5-4-10-28-16/h4-5,10-12,14H,3,6-9H2,1-2H3,(H,22,26). The van der Waals surface area contributed by atoms with Crippen LogP contribution in [-0.4, -0.2) is 44.6 Å². The lowest BCUT2D eigenvalue weighted by molar-refractivity contribution is -0.121. The van der Waals surface area contributed by atoms with Gasteiger partial charge in [-0.3, -0.25) is 14.3 Å². The second-order valence-corrected chi connectivity index (χ2v) is 8.24. The first-order valence-corrected chi connectivity index (χ1v) is 10.5. The highest BCUT2D eigenvalue weighted by atomic mass is 32.1. The maximum absolute atomic E-state index is 12.9. The molecule has 0 unspecified atom stereocenters. The van der Waals surface area contributed by atoms with E-state index in [1.165, 1.54) is 11.3 Å². The number of carbonyl (C=O) groups excluding carboxylic acids is 2. The quantitative estimate of drug-likeness (QED) is 0.692. The Morgan fingerprint density at radius 2 is 2.14 bits per heavy atom. The fraction of sp³-hybridized carbons (Fsp3) is 0.400. The van der Waals surface area contributed by atoms with Gasteiger partial charge in [-0.25, -0.2) is 4.98 Å². The maximum atomic E-state index is 12.9. The lowest BCUT2D eigenvalue weighted by Crippen LogP contribution is -2.41. The molecule has 3 aromatic rings. The van der Waals surface area contributed by atoms with Crippen LogP contribution in [0.1, 0.15) is 35.1 Å². The molecule has 1 aliphatic rings. The van der Waals surface area contributed by atoms with Gasteiger partial charge in [0.15, 0.2) is 10.8 Å². The van der Waals surface area contributed by atoms with Gasteiger partial charge in [0.2, 0.25) is 5.91 Å². The number of carbonyl (C=O) groups is 2. The number of hydrogen-bond donors (Lipinski definition) is 1. The van der Waals surface area contributed by atoms with Crippen molar-refractivity contribution >= 4 is 28.8 Å². The van der Waals surface area contributed by atoms with Gasteiger partial charge in [-0.15, -0.1) is 11.3 Å². The number of piperidine rings is 1. The highest BCUT2D eigenvalue weighted by Gasteiger charge is 2.30. The summed E-state index contributed by atoms with van der Waals surface area (Å²) in [7, 11) is 0. The van der Waals surface area contributed by atoms with Crippen molar-refractivity contribution in [3.63, 3.8) is 0 Å². The fourth-order valence-electron chi connectivity index (χ4n) is 3.44. The highest BCUT2D eigenvalue weighted by Crippen LogP contribution is 2.29. The number of thiazole rings is 1. The lowest BCUT2D eigenvalue weighted by atomic mass is 9.95. The van der Waals surface area contributed by atoms with Crippen LogP contribution in [0.4, 0.5) is 5.69 Å². The molecule has 152 valence electrons. The van der Waals surface area contributed by atoms with Crippen LogP contribution in [0.15, 0.2) is 35.2 Å². The Kier molecular flexibility index (Phi) is 5.48. The van der Waals surface area contributed by atoms with Crippen LogP contribution in [0.3, 0.4) is 0 Å². The summed E-state index contributed by atoms with van der Waals surface area (Å²) in [5, 5.41) is 7.80. The zero-order valence-electron chi connectivity index (χ0n) is 16.4. The molecule has 0 bridgehead atoms. The van der Waals surface area contributed by atoms with Crippen molar-refractivity contribution in [2.45, 2.75) is 33.2 Å². The topological polar surface area (TPSA) is 93.3 Å². The predicted octanol–water partition coefficient (Wildman–Crippen LogP) is 3.42. The molecular weight excluding hydrogens is 390 g/mol. The summed E-state index contributed by atoms with van der Waals surface area (Å²) in [4.78, 5) is 32.6. The van der Waals surface area contributed by atoms with E-state index < -0.39 is 0 Å². The second kappa shape index (κ2) is 8.20. The van der Waals surface area contributed by atoms with Gasteiger partial charge < -0.3 is 14.6 Å². The van der Waals surface area contributed by atoms with Gasteiger partial charge in [0, 0.05) is 36.6 Å². The van der Waals surface area contributed by atoms with Crippen molar-refractivity contribution in [1.82, 2.24) is 19.7 Å². The first kappa shape index (κ1) is 19.4. The average molecular weight is 414 g/mol. The van der Waals surface area contributed by atoms with Crippen molar-refractivity contribution in [2.24, 2.45) is 5.92 Å². The summed E-state index contributed by atoms with van der Waals surface area (Å²) < 4.78 is 7.15. The molecule has 0 aliphatic carbocycles. The molecule has 4 rings (SSSR count). The lowest BCUT2D eigenvalue weighted by Gasteiger charge is -2.31. The number of furan rings is 1. The Morgan fingerprint density at radius 3 is 2.79 bits per heavy atom. The second-order valence-electron chi connectivity index (χ2n) is 7.04. The van der Waals surface area contributed by atoms with Gasteiger partial charge in [0.05, 0.1) is 18.1 Å². The monoisotopic (exact) mass is 413 g/mol. The van der Waals surface area contributed by atoms with E-state index in [0.29, 0.717) is 48.1 Å². The van der Waals surface area contributed by atoms with Crippen molar-refractivity contribution in [1.29, 1.82) is 0 Å². The number of likely N-dealkylation sites (tertiary alicyclic amines) is 1. The van der Waals surface area contributed by atoms with E-state index in [0.717, 1.165) is 11.4 Å². The molecule has 0 spiro atoms. The molecule has 1 N–H and O–H groups in total. The van der Waals surface area contributed by atoms with E-state index in [9.17, 15) is 9.59 Å². The van der Waals surface area contributed by atoms with E-state index in [2.05, 4.69) is 15.4 Å². The average Bonchev–Trinajstić information content (AvgIpc) is 3.48. The third-order valence-electron chi connectivity index (χ3n) is 5.11. The number of nitrogens with one attached hydrogen (secondary N) is 1. The molecule has 0 saturated carbocycles. The normalized spacial score (nSPS) is 14.9. The predicted molar refractivity (Wildman–Crippen MR) is 110 cm³/mol. The smallest absolute Gasteiger partial charge is 0.273 e. The zero-order chi connectivity index (χ0) is 20.4. The SMILES string of the molecule is CCn1cc(NC(=O)C2CCN(C(=O)c3nc(-c4ccco4)sc3C)CC2)cn1. The van der Waals surface area contributed by atoms with Crippen LogP contribution in [0.5, 0.6) is 0 Å². The first-order chi connectivity index (χ1) is 14.0. The minimum Gasteiger partial charge on any atom is -0.462 e. The van der Waals surface area contributed by atoms with E-state index in [1.807, 2.05) is 26.1 Å². The number of amides is 2. The van der Waals surface area contributed by atoms with Crippen molar-refractivity contribution in [3.05, 3.63) is 41.4 Å². The Hall–Kier alpha value is -2.94. The fourth-order valence-corrected chi connectivity index (χ4v) is 4.31. The van der Waals surface area contributed by atoms with Gasteiger partial charge in [0.25, 0.3) is 5.91 Å². The van der Waals surface area contributed by atoms with Crippen molar-refractivity contribution < 1.29 is 14.0 Å². The summed E-state index contributed by atoms with van der Waals surface area (Å²) in [6, 6.07) is 3.64. The largest absolute Gasteiger partial charge is 0.462 e. The van der Waals surface area contributed by atoms with Gasteiger partial charge in [0.1, 0.15) is 5.69 Å². The molecule has 0 aromatic carbocycles. The molecule has 0 radical (unpaired) electrons. The zero-order valence-corrected chi connectivity index (χ0v) is 17.2. The number of aromatic nitrogens is 3. The summed E-state index contributed by atoms with van der Waals surface area (Å²) in [5.41, 5.74) is 1.18. The molecule has 1 saturated heterocycles. The summed E-state index contributed by atoms with van der Waals surface area (Å²) in [6.07, 6.45) is 6.33. The van der Waals surface area contributed by atoms with Crippen molar-refractivity contribution in [3.8, 4) is 10.8 Å². The number of anilines is 1. The minimum atomic E-state index is -0.112. The number of nitrogens with zero attached hydrogens (tertiary/aromatic N) is 4. The van der Waals surface area contributed by atoms with Crippen LogP contribution in [-0.2, 0) is 11.3 Å². The molecule has 0 atom stereocenters. The molecule has 3 aromatic heterocycles. The first-order valence-electron chi connectivity index (χ1n) is 9.69. The molecule has 2 amide bonds. The molecule has 1 fully saturated rings. The summed E-state index contributed by atoms with van der Waals surface area (Å²) >= 11 is 1.45. The van der Waals surface area contributed by atoms with E-state index in [1.54, 1.807) is 28.1 Å². The third-order valence-corrected chi connectivity index (χ3v) is 6.09. The molecular formula is C20H23N5O3S. The molecule has 29 heavy (non-hydrogen) atoms. The molecule has 4 heterocycles. The van der Waals surface area contributed by atoms with Crippen LogP contribution in [0, 0.1) is 12.8 Å². The van der Waals surface area contributed by atoms with E-state index >= 15 is 0 Å². The van der Waals surface area contributed by atoms with Crippen LogP contribution in [0.25, 0.3) is 10.8 Å². The van der Waals surface area contributed by atoms with Gasteiger partial charge >= 0.3 is 0 Å². The third kappa shape index (κ3) is 4.09. The summed E-state index contributed by atoms with van der Waals surface area (Å²) in [6.45, 7) is 5.73. The van der Waals surface area contributed by atoms with Crippen LogP contribution in [0.2, 0.25) is 0 Å². The number of hydrogen-bond acceptors (Lipinski definition) is 6. The van der Waals surface area contributed by atoms with Gasteiger partial charge in [-0.2, -0.15) is 5.10 Å². The number of rotatable bonds is 5. The Morgan fingerprint density at radius 1 is 1.34 bits per heavy atom.